The number of hydrogen-bond donors (Lipinski definition) is 0. The first-order chi connectivity index (χ1) is 5.77. The van der Waals surface area contributed by atoms with Gasteiger partial charge in [0.1, 0.15) is 5.82 Å². The lowest BCUT2D eigenvalue weighted by Crippen LogP contribution is -1.87. The number of thioether (sulfide) groups is 2. The molecule has 1 aromatic carbocycles. The Kier molecular flexibility index (Phi) is 3.95. The molecule has 0 fully saturated rings. The van der Waals surface area contributed by atoms with Crippen LogP contribution >= 0.6 is 23.5 Å². The van der Waals surface area contributed by atoms with E-state index in [2.05, 4.69) is 12.5 Å². The Morgan fingerprint density at radius 1 is 1.08 bits per heavy atom. The Morgan fingerprint density at radius 2 is 1.58 bits per heavy atom. The lowest BCUT2D eigenvalue weighted by molar-refractivity contribution is 0.627. The van der Waals surface area contributed by atoms with Gasteiger partial charge in [0.15, 0.2) is 0 Å². The maximum Gasteiger partial charge on any atom is 0.123 e. The average Bonchev–Trinajstić information content (AvgIpc) is 2.10. The van der Waals surface area contributed by atoms with Crippen LogP contribution in [0.5, 0.6) is 0 Å². The summed E-state index contributed by atoms with van der Waals surface area (Å²) in [6, 6.07) is 6.70. The van der Waals surface area contributed by atoms with Gasteiger partial charge in [0.25, 0.3) is 0 Å². The summed E-state index contributed by atoms with van der Waals surface area (Å²) in [5.74, 6) is -0.167. The van der Waals surface area contributed by atoms with E-state index in [4.69, 9.17) is 0 Å². The van der Waals surface area contributed by atoms with Crippen molar-refractivity contribution in [3.05, 3.63) is 35.6 Å². The van der Waals surface area contributed by atoms with Crippen LogP contribution in [-0.2, 0) is 0 Å². The average molecular weight is 202 g/mol. The van der Waals surface area contributed by atoms with Crippen LogP contribution in [0.2, 0.25) is 0 Å². The zero-order valence-electron chi connectivity index (χ0n) is 7.08. The van der Waals surface area contributed by atoms with Crippen molar-refractivity contribution in [2.45, 2.75) is 4.58 Å². The molecule has 0 nitrogen and oxygen atoms in total. The van der Waals surface area contributed by atoms with Crippen LogP contribution in [0.15, 0.2) is 24.3 Å². The van der Waals surface area contributed by atoms with Gasteiger partial charge in [0, 0.05) is 0 Å². The summed E-state index contributed by atoms with van der Waals surface area (Å²) in [5.41, 5.74) is 1.18. The number of halogens is 1. The Labute approximate surface area is 80.9 Å². The molecule has 0 saturated carbocycles. The Morgan fingerprint density at radius 3 is 2.00 bits per heavy atom. The van der Waals surface area contributed by atoms with Crippen molar-refractivity contribution >= 4 is 23.5 Å². The number of rotatable bonds is 3. The van der Waals surface area contributed by atoms with Crippen molar-refractivity contribution < 1.29 is 4.39 Å². The quantitative estimate of drug-likeness (QED) is 0.687. The van der Waals surface area contributed by atoms with E-state index in [-0.39, 0.29) is 5.82 Å². The van der Waals surface area contributed by atoms with E-state index < -0.39 is 0 Å². The molecule has 0 N–H and O–H groups in total. The van der Waals surface area contributed by atoms with E-state index in [1.54, 1.807) is 23.5 Å². The lowest BCUT2D eigenvalue weighted by Gasteiger charge is -2.10. The third-order valence-electron chi connectivity index (χ3n) is 1.57. The molecular formula is C9H11FS2. The molecule has 0 atom stereocenters. The first kappa shape index (κ1) is 9.93. The Hall–Kier alpha value is -0.150. The smallest absolute Gasteiger partial charge is 0.123 e. The highest BCUT2D eigenvalue weighted by atomic mass is 32.2. The predicted molar refractivity (Wildman–Crippen MR) is 56.2 cm³/mol. The predicted octanol–water partition coefficient (Wildman–Crippen LogP) is 3.55. The molecule has 0 bridgehead atoms. The van der Waals surface area contributed by atoms with Crippen molar-refractivity contribution in [3.8, 4) is 0 Å². The summed E-state index contributed by atoms with van der Waals surface area (Å²) in [6.07, 6.45) is 4.12. The molecule has 66 valence electrons. The molecule has 0 saturated heterocycles. The van der Waals surface area contributed by atoms with Crippen LogP contribution in [0.3, 0.4) is 0 Å². The molecular weight excluding hydrogens is 191 g/mol. The van der Waals surface area contributed by atoms with Gasteiger partial charge in [0.05, 0.1) is 4.58 Å². The second kappa shape index (κ2) is 4.77. The zero-order chi connectivity index (χ0) is 8.97. The maximum absolute atomic E-state index is 12.5. The standard InChI is InChI=1S/C9H11FS2/c1-11-9(12-2)7-3-5-8(10)6-4-7/h3-6,9H,1-2H3. The summed E-state index contributed by atoms with van der Waals surface area (Å²) in [7, 11) is 0. The van der Waals surface area contributed by atoms with E-state index in [0.29, 0.717) is 4.58 Å². The van der Waals surface area contributed by atoms with E-state index >= 15 is 0 Å². The summed E-state index contributed by atoms with van der Waals surface area (Å²) in [4.78, 5) is 0. The number of hydrogen-bond acceptors (Lipinski definition) is 2. The maximum atomic E-state index is 12.5. The van der Waals surface area contributed by atoms with Gasteiger partial charge in [0.2, 0.25) is 0 Å². The molecule has 3 heteroatoms. The van der Waals surface area contributed by atoms with Crippen LogP contribution in [0, 0.1) is 5.82 Å². The third-order valence-corrected chi connectivity index (χ3v) is 4.13. The molecule has 0 spiro atoms. The van der Waals surface area contributed by atoms with Crippen molar-refractivity contribution in [1.82, 2.24) is 0 Å². The van der Waals surface area contributed by atoms with Gasteiger partial charge in [-0.05, 0) is 30.2 Å². The molecule has 0 aliphatic carbocycles. The monoisotopic (exact) mass is 202 g/mol. The first-order valence-corrected chi connectivity index (χ1v) is 6.16. The molecule has 0 radical (unpaired) electrons. The largest absolute Gasteiger partial charge is 0.207 e. The fraction of sp³-hybridized carbons (Fsp3) is 0.333. The summed E-state index contributed by atoms with van der Waals surface area (Å²) < 4.78 is 13.0. The molecule has 1 rings (SSSR count). The second-order valence-electron chi connectivity index (χ2n) is 2.35. The van der Waals surface area contributed by atoms with Crippen LogP contribution in [-0.4, -0.2) is 12.5 Å². The van der Waals surface area contributed by atoms with E-state index in [9.17, 15) is 4.39 Å². The highest BCUT2D eigenvalue weighted by Gasteiger charge is 2.06. The minimum Gasteiger partial charge on any atom is -0.207 e. The summed E-state index contributed by atoms with van der Waals surface area (Å²) in [5, 5.41) is 0. The molecule has 0 aliphatic rings. The minimum absolute atomic E-state index is 0.167. The van der Waals surface area contributed by atoms with Crippen molar-refractivity contribution in [1.29, 1.82) is 0 Å². The molecule has 0 amide bonds. The Balaban J connectivity index is 2.80. The highest BCUT2D eigenvalue weighted by Crippen LogP contribution is 2.35. The van der Waals surface area contributed by atoms with E-state index in [1.807, 2.05) is 12.1 Å². The summed E-state index contributed by atoms with van der Waals surface area (Å²) >= 11 is 3.54. The molecule has 1 aromatic rings. The highest BCUT2D eigenvalue weighted by molar-refractivity contribution is 8.15. The van der Waals surface area contributed by atoms with Gasteiger partial charge in [-0.2, -0.15) is 0 Å². The molecule has 0 aromatic heterocycles. The van der Waals surface area contributed by atoms with Gasteiger partial charge in [-0.25, -0.2) is 4.39 Å². The SMILES string of the molecule is CSC(SC)c1ccc(F)cc1. The van der Waals surface area contributed by atoms with Gasteiger partial charge in [-0.15, -0.1) is 23.5 Å². The van der Waals surface area contributed by atoms with Crippen molar-refractivity contribution in [2.24, 2.45) is 0 Å². The van der Waals surface area contributed by atoms with Crippen molar-refractivity contribution in [2.75, 3.05) is 12.5 Å². The molecule has 0 unspecified atom stereocenters. The van der Waals surface area contributed by atoms with Crippen molar-refractivity contribution in [3.63, 3.8) is 0 Å². The van der Waals surface area contributed by atoms with E-state index in [1.165, 1.54) is 17.7 Å². The second-order valence-corrected chi connectivity index (χ2v) is 4.54. The lowest BCUT2D eigenvalue weighted by atomic mass is 10.2. The molecule has 12 heavy (non-hydrogen) atoms. The van der Waals surface area contributed by atoms with Crippen LogP contribution < -0.4 is 0 Å². The first-order valence-electron chi connectivity index (χ1n) is 3.59. The number of benzene rings is 1. The zero-order valence-corrected chi connectivity index (χ0v) is 8.71. The van der Waals surface area contributed by atoms with Gasteiger partial charge >= 0.3 is 0 Å². The van der Waals surface area contributed by atoms with Crippen LogP contribution in [0.25, 0.3) is 0 Å². The van der Waals surface area contributed by atoms with Gasteiger partial charge in [-0.3, -0.25) is 0 Å². The minimum atomic E-state index is -0.167. The van der Waals surface area contributed by atoms with E-state index in [0.717, 1.165) is 0 Å². The van der Waals surface area contributed by atoms with Gasteiger partial charge < -0.3 is 0 Å². The molecule has 0 aliphatic heterocycles. The fourth-order valence-corrected chi connectivity index (χ4v) is 2.62. The van der Waals surface area contributed by atoms with Crippen LogP contribution in [0.1, 0.15) is 10.1 Å². The fourth-order valence-electron chi connectivity index (χ4n) is 0.988. The summed E-state index contributed by atoms with van der Waals surface area (Å²) in [6.45, 7) is 0. The van der Waals surface area contributed by atoms with Gasteiger partial charge in [-0.1, -0.05) is 12.1 Å². The Bertz CT molecular complexity index is 229. The van der Waals surface area contributed by atoms with Crippen LogP contribution in [0.4, 0.5) is 4.39 Å². The molecule has 0 heterocycles. The topological polar surface area (TPSA) is 0 Å². The third kappa shape index (κ3) is 2.42. The normalized spacial score (nSPS) is 10.7.